The predicted molar refractivity (Wildman–Crippen MR) is 228 cm³/mol. The fourth-order valence-corrected chi connectivity index (χ4v) is 7.49. The van der Waals surface area contributed by atoms with Crippen LogP contribution in [0.2, 0.25) is 13.1 Å². The maximum absolute atomic E-state index is 4.93. The Bertz CT molecular complexity index is 2490. The zero-order chi connectivity index (χ0) is 36.2. The average Bonchev–Trinajstić information content (AvgIpc) is 3.92. The number of halogens is 2. The van der Waals surface area contributed by atoms with Crippen LogP contribution < -0.4 is 0 Å². The van der Waals surface area contributed by atoms with E-state index in [1.54, 1.807) is 0 Å². The van der Waals surface area contributed by atoms with Crippen LogP contribution in [-0.2, 0) is 20.8 Å². The molecule has 0 unspecified atom stereocenters. The van der Waals surface area contributed by atoms with E-state index in [1.807, 2.05) is 0 Å². The SMILES string of the molecule is C[SiH]C.Cc1cc2c(-n3c4ccccc4c4ccccc43)cccc2[cH-]1.Cc1cc2c(-n3c4ccccc4c4ccccc43)cccc2[cH-]1.[Cl][Zr+2][Cl]. The molecule has 0 saturated carbocycles. The molecule has 255 valence electrons. The second kappa shape index (κ2) is 16.2. The third kappa shape index (κ3) is 6.86. The molecule has 0 aliphatic heterocycles. The Kier molecular flexibility index (Phi) is 11.3. The van der Waals surface area contributed by atoms with Crippen molar-refractivity contribution in [3.05, 3.63) is 169 Å². The number of hydrogen-bond acceptors (Lipinski definition) is 0. The fourth-order valence-electron chi connectivity index (χ4n) is 7.49. The van der Waals surface area contributed by atoms with E-state index in [2.05, 4.69) is 194 Å². The summed E-state index contributed by atoms with van der Waals surface area (Å²) in [6.07, 6.45) is 0. The van der Waals surface area contributed by atoms with Gasteiger partial charge >= 0.3 is 37.9 Å². The van der Waals surface area contributed by atoms with Crippen LogP contribution in [0.4, 0.5) is 0 Å². The zero-order valence-electron chi connectivity index (χ0n) is 29.7. The summed E-state index contributed by atoms with van der Waals surface area (Å²) in [6.45, 7) is 8.74. The minimum atomic E-state index is -0.826. The van der Waals surface area contributed by atoms with Gasteiger partial charge in [-0.3, -0.25) is 0 Å². The normalized spacial score (nSPS) is 10.9. The number of nitrogens with zero attached hydrogens (tertiary/aromatic N) is 2. The molecule has 0 aliphatic rings. The van der Waals surface area contributed by atoms with Crippen LogP contribution in [-0.4, -0.2) is 18.7 Å². The molecule has 0 bridgehead atoms. The van der Waals surface area contributed by atoms with Crippen molar-refractivity contribution in [1.82, 2.24) is 9.13 Å². The van der Waals surface area contributed by atoms with Gasteiger partial charge in [0.05, 0.1) is 22.1 Å². The molecule has 6 heteroatoms. The van der Waals surface area contributed by atoms with Crippen LogP contribution in [0.5, 0.6) is 0 Å². The third-order valence-electron chi connectivity index (χ3n) is 9.39. The van der Waals surface area contributed by atoms with E-state index in [9.17, 15) is 0 Å². The minimum absolute atomic E-state index is 0.750. The Balaban J connectivity index is 0.000000141. The second-order valence-corrected chi connectivity index (χ2v) is 17.9. The van der Waals surface area contributed by atoms with E-state index in [4.69, 9.17) is 17.0 Å². The van der Waals surface area contributed by atoms with Crippen LogP contribution in [0.15, 0.2) is 158 Å². The van der Waals surface area contributed by atoms with Crippen LogP contribution in [0.25, 0.3) is 76.5 Å². The molecule has 2 heterocycles. The van der Waals surface area contributed by atoms with Crippen molar-refractivity contribution < 1.29 is 20.8 Å². The number of aromatic nitrogens is 2. The molecule has 0 spiro atoms. The Morgan fingerprint density at radius 3 is 1.04 bits per heavy atom. The molecule has 0 amide bonds. The van der Waals surface area contributed by atoms with Crippen LogP contribution >= 0.6 is 17.0 Å². The van der Waals surface area contributed by atoms with E-state index in [1.165, 1.54) is 87.7 Å². The first kappa shape index (κ1) is 36.2. The molecule has 10 rings (SSSR count). The van der Waals surface area contributed by atoms with Crippen LogP contribution in [0.3, 0.4) is 0 Å². The van der Waals surface area contributed by atoms with Gasteiger partial charge in [-0.2, -0.15) is 12.1 Å². The van der Waals surface area contributed by atoms with Crippen molar-refractivity contribution in [2.75, 3.05) is 0 Å². The van der Waals surface area contributed by atoms with Gasteiger partial charge in [-0.05, 0) is 24.3 Å². The summed E-state index contributed by atoms with van der Waals surface area (Å²) in [5.74, 6) is 0. The number of benzene rings is 6. The van der Waals surface area contributed by atoms with Crippen molar-refractivity contribution in [1.29, 1.82) is 0 Å². The zero-order valence-corrected chi connectivity index (χ0v) is 34.9. The van der Waals surface area contributed by atoms with Gasteiger partial charge in [0.2, 0.25) is 0 Å². The summed E-state index contributed by atoms with van der Waals surface area (Å²) < 4.78 is 4.79. The van der Waals surface area contributed by atoms with Crippen molar-refractivity contribution in [2.45, 2.75) is 26.9 Å². The summed E-state index contributed by atoms with van der Waals surface area (Å²) in [7, 11) is 10.6. The summed E-state index contributed by atoms with van der Waals surface area (Å²) in [6, 6.07) is 56.9. The number of rotatable bonds is 2. The average molecular weight is 810 g/mol. The molecule has 52 heavy (non-hydrogen) atoms. The Hall–Kier alpha value is -4.18. The Labute approximate surface area is 326 Å². The van der Waals surface area contributed by atoms with Crippen molar-refractivity contribution >= 4 is 91.7 Å². The molecule has 1 radical (unpaired) electrons. The molecular formula is C46H39Cl2N2SiZr. The standard InChI is InChI=1S/2C22H16N.C2H7Si.2ClH.Zr/c2*1-15-13-16-7-6-12-22(19(16)14-15)23-20-10-4-2-8-17(20)18-9-3-5-11-21(18)23;1-3-2;;;/h2*2-14H,1H3;3H,1-2H3;2*1H;/q2*-1;;;;+4/p-2. The van der Waals surface area contributed by atoms with Gasteiger partial charge in [0.1, 0.15) is 0 Å². The Morgan fingerprint density at radius 1 is 0.442 bits per heavy atom. The monoisotopic (exact) mass is 807 g/mol. The Morgan fingerprint density at radius 2 is 0.731 bits per heavy atom. The van der Waals surface area contributed by atoms with Gasteiger partial charge in [0.15, 0.2) is 0 Å². The molecule has 0 saturated heterocycles. The van der Waals surface area contributed by atoms with Gasteiger partial charge in [-0.15, -0.1) is 69.1 Å². The first-order valence-corrected chi connectivity index (χ1v) is 26.1. The molecule has 10 aromatic rings. The molecule has 8 aromatic carbocycles. The molecule has 2 nitrogen and oxygen atoms in total. The first-order chi connectivity index (χ1) is 25.5. The molecule has 0 atom stereocenters. The van der Waals surface area contributed by atoms with E-state index >= 15 is 0 Å². The summed E-state index contributed by atoms with van der Waals surface area (Å²) in [5, 5.41) is 10.5. The second-order valence-electron chi connectivity index (χ2n) is 13.0. The predicted octanol–water partition coefficient (Wildman–Crippen LogP) is 13.8. The molecular weight excluding hydrogens is 771 g/mol. The van der Waals surface area contributed by atoms with Gasteiger partial charge in [0.25, 0.3) is 0 Å². The number of hydrogen-bond donors (Lipinski definition) is 0. The van der Waals surface area contributed by atoms with Crippen LogP contribution in [0.1, 0.15) is 11.1 Å². The van der Waals surface area contributed by atoms with Gasteiger partial charge in [0, 0.05) is 42.4 Å². The van der Waals surface area contributed by atoms with E-state index in [-0.39, 0.29) is 0 Å². The first-order valence-electron chi connectivity index (χ1n) is 17.5. The quantitative estimate of drug-likeness (QED) is 0.122. The maximum atomic E-state index is 4.93. The number of aryl methyl sites for hydroxylation is 2. The van der Waals surface area contributed by atoms with Crippen molar-refractivity contribution in [2.24, 2.45) is 0 Å². The van der Waals surface area contributed by atoms with E-state index < -0.39 is 20.8 Å². The third-order valence-corrected chi connectivity index (χ3v) is 9.39. The van der Waals surface area contributed by atoms with Gasteiger partial charge in [-0.1, -0.05) is 112 Å². The number of para-hydroxylation sites is 4. The van der Waals surface area contributed by atoms with Gasteiger partial charge in [-0.25, -0.2) is 0 Å². The summed E-state index contributed by atoms with van der Waals surface area (Å²) in [5.41, 5.74) is 10.2. The molecule has 0 fully saturated rings. The van der Waals surface area contributed by atoms with Crippen LogP contribution in [0, 0.1) is 13.8 Å². The molecule has 0 N–H and O–H groups in total. The van der Waals surface area contributed by atoms with Crippen molar-refractivity contribution in [3.63, 3.8) is 0 Å². The van der Waals surface area contributed by atoms with E-state index in [0.29, 0.717) is 0 Å². The summed E-state index contributed by atoms with van der Waals surface area (Å²) in [4.78, 5) is 0. The topological polar surface area (TPSA) is 9.86 Å². The van der Waals surface area contributed by atoms with Gasteiger partial charge < -0.3 is 9.13 Å². The summed E-state index contributed by atoms with van der Waals surface area (Å²) >= 11 is -0.826. The fraction of sp³-hybridized carbons (Fsp3) is 0.0870. The number of fused-ring (bicyclic) bond motifs is 8. The van der Waals surface area contributed by atoms with E-state index in [0.717, 1.165) is 9.52 Å². The molecule has 0 aliphatic carbocycles. The molecule has 2 aromatic heterocycles. The van der Waals surface area contributed by atoms with Crippen molar-refractivity contribution in [3.8, 4) is 11.4 Å².